The van der Waals surface area contributed by atoms with Crippen molar-refractivity contribution in [3.05, 3.63) is 70.4 Å². The Labute approximate surface area is 119 Å². The molecule has 1 aliphatic rings. The van der Waals surface area contributed by atoms with Gasteiger partial charge in [0, 0.05) is 24.0 Å². The largest absolute Gasteiger partial charge is 0.291 e. The highest BCUT2D eigenvalue weighted by molar-refractivity contribution is 7.10. The maximum Gasteiger partial charge on any atom is 0.0386 e. The summed E-state index contributed by atoms with van der Waals surface area (Å²) in [6, 6.07) is 13.6. The molecule has 1 atom stereocenters. The van der Waals surface area contributed by atoms with Gasteiger partial charge < -0.3 is 0 Å². The van der Waals surface area contributed by atoms with Crippen LogP contribution in [0.25, 0.3) is 0 Å². The van der Waals surface area contributed by atoms with Gasteiger partial charge in [0.25, 0.3) is 0 Å². The minimum atomic E-state index is 0.465. The molecule has 0 spiro atoms. The first-order valence-corrected chi connectivity index (χ1v) is 7.71. The Kier molecular flexibility index (Phi) is 3.81. The third kappa shape index (κ3) is 2.65. The van der Waals surface area contributed by atoms with Crippen molar-refractivity contribution in [1.82, 2.24) is 4.90 Å². The molecule has 1 nitrogen and oxygen atoms in total. The lowest BCUT2D eigenvalue weighted by Crippen LogP contribution is -2.33. The molecule has 3 rings (SSSR count). The van der Waals surface area contributed by atoms with Crippen LogP contribution in [0.3, 0.4) is 0 Å². The molecular weight excluding hydrogens is 250 g/mol. The highest BCUT2D eigenvalue weighted by Crippen LogP contribution is 2.32. The molecule has 2 heteroatoms. The van der Waals surface area contributed by atoms with E-state index < -0.39 is 0 Å². The lowest BCUT2D eigenvalue weighted by atomic mass is 9.99. The average molecular weight is 269 g/mol. The van der Waals surface area contributed by atoms with Crippen LogP contribution < -0.4 is 0 Å². The Morgan fingerprint density at radius 3 is 2.89 bits per heavy atom. The van der Waals surface area contributed by atoms with Crippen molar-refractivity contribution in [3.63, 3.8) is 0 Å². The predicted octanol–water partition coefficient (Wildman–Crippen LogP) is 4.42. The number of hydrogen-bond acceptors (Lipinski definition) is 2. The van der Waals surface area contributed by atoms with Crippen LogP contribution in [0.1, 0.15) is 28.5 Å². The van der Waals surface area contributed by atoms with Gasteiger partial charge >= 0.3 is 0 Å². The smallest absolute Gasteiger partial charge is 0.0386 e. The van der Waals surface area contributed by atoms with Crippen LogP contribution in [-0.2, 0) is 13.0 Å². The summed E-state index contributed by atoms with van der Waals surface area (Å²) < 4.78 is 0. The number of thiophene rings is 1. The van der Waals surface area contributed by atoms with E-state index in [1.54, 1.807) is 4.88 Å². The van der Waals surface area contributed by atoms with Crippen molar-refractivity contribution in [2.75, 3.05) is 6.54 Å². The minimum absolute atomic E-state index is 0.465. The molecule has 2 aromatic rings. The minimum Gasteiger partial charge on any atom is -0.291 e. The van der Waals surface area contributed by atoms with Crippen molar-refractivity contribution < 1.29 is 0 Å². The number of benzene rings is 1. The van der Waals surface area contributed by atoms with Crippen molar-refractivity contribution in [3.8, 4) is 0 Å². The maximum absolute atomic E-state index is 3.93. The van der Waals surface area contributed by atoms with Crippen LogP contribution in [-0.4, -0.2) is 11.4 Å². The zero-order valence-electron chi connectivity index (χ0n) is 11.1. The second-order valence-electron chi connectivity index (χ2n) is 5.04. The van der Waals surface area contributed by atoms with Gasteiger partial charge in [0.2, 0.25) is 0 Å². The molecule has 0 radical (unpaired) electrons. The van der Waals surface area contributed by atoms with Gasteiger partial charge in [-0.2, -0.15) is 0 Å². The van der Waals surface area contributed by atoms with E-state index in [2.05, 4.69) is 53.3 Å². The lowest BCUT2D eigenvalue weighted by Gasteiger charge is -2.34. The Morgan fingerprint density at radius 1 is 1.26 bits per heavy atom. The third-order valence-electron chi connectivity index (χ3n) is 3.85. The van der Waals surface area contributed by atoms with Gasteiger partial charge in [-0.1, -0.05) is 36.4 Å². The van der Waals surface area contributed by atoms with E-state index >= 15 is 0 Å². The highest BCUT2D eigenvalue weighted by atomic mass is 32.1. The lowest BCUT2D eigenvalue weighted by molar-refractivity contribution is 0.181. The second kappa shape index (κ2) is 5.72. The summed E-state index contributed by atoms with van der Waals surface area (Å²) in [7, 11) is 0. The fourth-order valence-corrected chi connectivity index (χ4v) is 3.76. The van der Waals surface area contributed by atoms with Gasteiger partial charge in [0.05, 0.1) is 0 Å². The van der Waals surface area contributed by atoms with Crippen LogP contribution in [0.15, 0.2) is 54.4 Å². The average Bonchev–Trinajstić information content (AvgIpc) is 2.93. The van der Waals surface area contributed by atoms with Gasteiger partial charge in [-0.25, -0.2) is 0 Å². The summed E-state index contributed by atoms with van der Waals surface area (Å²) >= 11 is 1.90. The molecule has 0 bridgehead atoms. The van der Waals surface area contributed by atoms with Gasteiger partial charge in [0.1, 0.15) is 0 Å². The number of nitrogens with zero attached hydrogens (tertiary/aromatic N) is 1. The van der Waals surface area contributed by atoms with E-state index in [9.17, 15) is 0 Å². The summed E-state index contributed by atoms with van der Waals surface area (Å²) in [4.78, 5) is 4.16. The molecule has 1 aromatic carbocycles. The summed E-state index contributed by atoms with van der Waals surface area (Å²) in [5, 5.41) is 2.22. The normalized spacial score (nSPS) is 16.8. The van der Waals surface area contributed by atoms with E-state index in [1.165, 1.54) is 17.5 Å². The summed E-state index contributed by atoms with van der Waals surface area (Å²) in [6.07, 6.45) is 4.25. The first-order chi connectivity index (χ1) is 9.38. The molecule has 0 N–H and O–H groups in total. The van der Waals surface area contributed by atoms with E-state index in [0.29, 0.717) is 6.04 Å². The van der Waals surface area contributed by atoms with Crippen LogP contribution >= 0.6 is 11.3 Å². The van der Waals surface area contributed by atoms with Crippen LogP contribution in [0.5, 0.6) is 0 Å². The molecule has 1 aliphatic heterocycles. The van der Waals surface area contributed by atoms with Crippen LogP contribution in [0, 0.1) is 0 Å². The molecule has 0 aliphatic carbocycles. The van der Waals surface area contributed by atoms with E-state index in [-0.39, 0.29) is 0 Å². The van der Waals surface area contributed by atoms with Crippen LogP contribution in [0.4, 0.5) is 0 Å². The fourth-order valence-electron chi connectivity index (χ4n) is 2.87. The molecule has 19 heavy (non-hydrogen) atoms. The zero-order valence-corrected chi connectivity index (χ0v) is 11.9. The first kappa shape index (κ1) is 12.6. The van der Waals surface area contributed by atoms with E-state index in [0.717, 1.165) is 19.5 Å². The monoisotopic (exact) mass is 269 g/mol. The Morgan fingerprint density at radius 2 is 2.11 bits per heavy atom. The predicted molar refractivity (Wildman–Crippen MR) is 82.4 cm³/mol. The second-order valence-corrected chi connectivity index (χ2v) is 6.04. The van der Waals surface area contributed by atoms with Crippen molar-refractivity contribution >= 4 is 11.3 Å². The van der Waals surface area contributed by atoms with E-state index in [1.807, 2.05) is 17.4 Å². The quantitative estimate of drug-likeness (QED) is 0.742. The van der Waals surface area contributed by atoms with Crippen LogP contribution in [0.2, 0.25) is 0 Å². The molecule has 0 amide bonds. The standard InChI is InChI=1S/C17H19NS/c1-2-6-16(14-7-4-3-5-8-14)18-11-9-17-15(13-18)10-12-19-17/h2-5,7-8,10,12,16H,1,6,9,11,13H2. The maximum atomic E-state index is 3.93. The highest BCUT2D eigenvalue weighted by Gasteiger charge is 2.24. The van der Waals surface area contributed by atoms with Crippen molar-refractivity contribution in [2.24, 2.45) is 0 Å². The summed E-state index contributed by atoms with van der Waals surface area (Å²) in [6.45, 7) is 6.16. The number of fused-ring (bicyclic) bond motifs is 1. The molecule has 0 saturated carbocycles. The van der Waals surface area contributed by atoms with Gasteiger partial charge in [-0.15, -0.1) is 17.9 Å². The molecular formula is C17H19NS. The SMILES string of the molecule is C=CCC(c1ccccc1)N1CCc2sccc2C1. The number of rotatable bonds is 4. The topological polar surface area (TPSA) is 3.24 Å². The molecule has 1 unspecified atom stereocenters. The molecule has 2 heterocycles. The number of hydrogen-bond donors (Lipinski definition) is 0. The fraction of sp³-hybridized carbons (Fsp3) is 0.294. The Bertz CT molecular complexity index is 543. The Balaban J connectivity index is 1.84. The zero-order chi connectivity index (χ0) is 13.1. The molecule has 0 fully saturated rings. The van der Waals surface area contributed by atoms with Crippen molar-refractivity contribution in [1.29, 1.82) is 0 Å². The first-order valence-electron chi connectivity index (χ1n) is 6.83. The molecule has 98 valence electrons. The summed E-state index contributed by atoms with van der Waals surface area (Å²) in [5.41, 5.74) is 2.92. The Hall–Kier alpha value is -1.38. The van der Waals surface area contributed by atoms with E-state index in [4.69, 9.17) is 0 Å². The molecule has 1 aromatic heterocycles. The molecule has 0 saturated heterocycles. The third-order valence-corrected chi connectivity index (χ3v) is 4.88. The van der Waals surface area contributed by atoms with Gasteiger partial charge in [-0.3, -0.25) is 4.90 Å². The van der Waals surface area contributed by atoms with Gasteiger partial charge in [-0.05, 0) is 35.4 Å². The van der Waals surface area contributed by atoms with Gasteiger partial charge in [0.15, 0.2) is 0 Å². The van der Waals surface area contributed by atoms with Crippen molar-refractivity contribution in [2.45, 2.75) is 25.4 Å². The summed E-state index contributed by atoms with van der Waals surface area (Å²) in [5.74, 6) is 0.